The van der Waals surface area contributed by atoms with Crippen molar-refractivity contribution in [3.63, 3.8) is 0 Å². The summed E-state index contributed by atoms with van der Waals surface area (Å²) in [5.74, 6) is 0.192. The maximum Gasteiger partial charge on any atom is 0.355 e. The Morgan fingerprint density at radius 1 is 0.808 bits per heavy atom. The molecule has 2 amide bonds. The summed E-state index contributed by atoms with van der Waals surface area (Å²) >= 11 is 8.28. The summed E-state index contributed by atoms with van der Waals surface area (Å²) in [7, 11) is 0. The molecule has 11 heteroatoms. The van der Waals surface area contributed by atoms with Crippen LogP contribution in [0.25, 0.3) is 0 Å². The van der Waals surface area contributed by atoms with Crippen molar-refractivity contribution in [3.8, 4) is 11.5 Å². The van der Waals surface area contributed by atoms with Gasteiger partial charge >= 0.3 is 6.03 Å². The van der Waals surface area contributed by atoms with Crippen molar-refractivity contribution in [2.45, 2.75) is 0 Å². The molecule has 0 aliphatic rings. The summed E-state index contributed by atoms with van der Waals surface area (Å²) < 4.78 is 3.26. The van der Waals surface area contributed by atoms with Crippen molar-refractivity contribution in [2.24, 2.45) is 10.2 Å². The Bertz CT molecular complexity index is 831. The average Bonchev–Trinajstić information content (AvgIpc) is 2.56. The van der Waals surface area contributed by atoms with Crippen molar-refractivity contribution in [3.05, 3.63) is 49.7 Å². The van der Waals surface area contributed by atoms with Gasteiger partial charge in [0.2, 0.25) is 0 Å². The number of hydrazone groups is 2. The number of nitrogens with one attached hydrogen (secondary N) is 2. The molecule has 0 saturated carbocycles. The molecule has 0 unspecified atom stereocenters. The molecule has 136 valence electrons. The van der Waals surface area contributed by atoms with Gasteiger partial charge in [0.05, 0.1) is 19.6 Å². The standard InChI is InChI=1S/C15H10I4N4O3/c16-9-1-7(13(24)11(18)3-9)5-20-22-15(26)23-21-6-8-2-10(17)4-12(19)14(8)25/h1-6,24-25H,(H2,22,23,26)/b20-5+,21-6+. The Labute approximate surface area is 203 Å². The summed E-state index contributed by atoms with van der Waals surface area (Å²) in [6, 6.07) is 6.47. The van der Waals surface area contributed by atoms with Gasteiger partial charge in [0.1, 0.15) is 11.5 Å². The molecule has 0 fully saturated rings. The monoisotopic (exact) mass is 802 g/mol. The van der Waals surface area contributed by atoms with Gasteiger partial charge in [-0.3, -0.25) is 0 Å². The number of benzene rings is 2. The summed E-state index contributed by atoms with van der Waals surface area (Å²) in [6.07, 6.45) is 2.69. The molecular formula is C15H10I4N4O3. The zero-order valence-electron chi connectivity index (χ0n) is 12.7. The summed E-state index contributed by atoms with van der Waals surface area (Å²) in [5, 5.41) is 27.4. The molecule has 0 saturated heterocycles. The second-order valence-corrected chi connectivity index (χ2v) is 9.54. The van der Waals surface area contributed by atoms with E-state index in [1.54, 1.807) is 12.1 Å². The van der Waals surface area contributed by atoms with Crippen molar-refractivity contribution >= 4 is 109 Å². The first-order chi connectivity index (χ1) is 12.3. The van der Waals surface area contributed by atoms with Crippen LogP contribution in [-0.4, -0.2) is 28.7 Å². The maximum absolute atomic E-state index is 11.7. The van der Waals surface area contributed by atoms with E-state index in [0.29, 0.717) is 18.3 Å². The highest BCUT2D eigenvalue weighted by molar-refractivity contribution is 14.1. The van der Waals surface area contributed by atoms with E-state index in [-0.39, 0.29) is 11.5 Å². The molecular weight excluding hydrogens is 792 g/mol. The maximum atomic E-state index is 11.7. The van der Waals surface area contributed by atoms with Gasteiger partial charge < -0.3 is 10.2 Å². The Morgan fingerprint density at radius 2 is 1.19 bits per heavy atom. The highest BCUT2D eigenvalue weighted by Gasteiger charge is 2.06. The number of rotatable bonds is 4. The molecule has 7 nitrogen and oxygen atoms in total. The summed E-state index contributed by atoms with van der Waals surface area (Å²) in [4.78, 5) is 11.7. The van der Waals surface area contributed by atoms with Crippen molar-refractivity contribution in [1.82, 2.24) is 10.9 Å². The van der Waals surface area contributed by atoms with Crippen LogP contribution in [-0.2, 0) is 0 Å². The number of carbonyl (C=O) groups excluding carboxylic acids is 1. The quantitative estimate of drug-likeness (QED) is 0.212. The smallest absolute Gasteiger partial charge is 0.355 e. The van der Waals surface area contributed by atoms with Crippen LogP contribution < -0.4 is 10.9 Å². The van der Waals surface area contributed by atoms with Crippen LogP contribution in [0.5, 0.6) is 11.5 Å². The van der Waals surface area contributed by atoms with Gasteiger partial charge in [-0.15, -0.1) is 0 Å². The van der Waals surface area contributed by atoms with E-state index < -0.39 is 6.03 Å². The summed E-state index contributed by atoms with van der Waals surface area (Å²) in [6.45, 7) is 0. The van der Waals surface area contributed by atoms with Gasteiger partial charge in [0, 0.05) is 18.3 Å². The van der Waals surface area contributed by atoms with Gasteiger partial charge in [-0.25, -0.2) is 15.6 Å². The van der Waals surface area contributed by atoms with E-state index in [1.807, 2.05) is 57.3 Å². The molecule has 4 N–H and O–H groups in total. The number of amides is 2. The lowest BCUT2D eigenvalue weighted by Gasteiger charge is -2.04. The lowest BCUT2D eigenvalue weighted by molar-refractivity contribution is 0.242. The number of urea groups is 1. The van der Waals surface area contributed by atoms with E-state index in [2.05, 4.69) is 66.2 Å². The molecule has 2 aromatic rings. The van der Waals surface area contributed by atoms with Crippen LogP contribution in [0.15, 0.2) is 34.5 Å². The summed E-state index contributed by atoms with van der Waals surface area (Å²) in [5.41, 5.74) is 5.47. The minimum Gasteiger partial charge on any atom is -0.506 e. The zero-order chi connectivity index (χ0) is 19.3. The number of phenolic OH excluding ortho intramolecular Hbond substituents is 2. The van der Waals surface area contributed by atoms with Gasteiger partial charge in [-0.05, 0) is 115 Å². The predicted molar refractivity (Wildman–Crippen MR) is 134 cm³/mol. The number of hydrogen-bond acceptors (Lipinski definition) is 5. The Balaban J connectivity index is 1.96. The molecule has 0 bridgehead atoms. The number of halogens is 4. The predicted octanol–water partition coefficient (Wildman–Crippen LogP) is 4.18. The van der Waals surface area contributed by atoms with Gasteiger partial charge in [-0.1, -0.05) is 0 Å². The SMILES string of the molecule is O=C(N/N=C/c1cc(I)cc(I)c1O)N/N=C/c1cc(I)cc(I)c1O. The molecule has 0 heterocycles. The zero-order valence-corrected chi connectivity index (χ0v) is 21.3. The highest BCUT2D eigenvalue weighted by Crippen LogP contribution is 2.26. The van der Waals surface area contributed by atoms with Crippen LogP contribution in [0.1, 0.15) is 11.1 Å². The van der Waals surface area contributed by atoms with E-state index >= 15 is 0 Å². The van der Waals surface area contributed by atoms with Gasteiger partial charge in [0.15, 0.2) is 0 Å². The Hall–Kier alpha value is -0.430. The lowest BCUT2D eigenvalue weighted by Crippen LogP contribution is -2.28. The molecule has 26 heavy (non-hydrogen) atoms. The Morgan fingerprint density at radius 3 is 1.58 bits per heavy atom. The van der Waals surface area contributed by atoms with Crippen LogP contribution in [0, 0.1) is 14.3 Å². The second kappa shape index (κ2) is 10.2. The van der Waals surface area contributed by atoms with E-state index in [1.165, 1.54) is 12.4 Å². The fourth-order valence-electron chi connectivity index (χ4n) is 1.71. The van der Waals surface area contributed by atoms with E-state index in [0.717, 1.165) is 7.14 Å². The molecule has 2 aromatic carbocycles. The largest absolute Gasteiger partial charge is 0.506 e. The van der Waals surface area contributed by atoms with E-state index in [9.17, 15) is 15.0 Å². The van der Waals surface area contributed by atoms with Crippen LogP contribution in [0.3, 0.4) is 0 Å². The molecule has 0 aliphatic heterocycles. The van der Waals surface area contributed by atoms with Crippen molar-refractivity contribution in [1.29, 1.82) is 0 Å². The van der Waals surface area contributed by atoms with Crippen molar-refractivity contribution < 1.29 is 15.0 Å². The molecule has 0 aliphatic carbocycles. The first-order valence-electron chi connectivity index (χ1n) is 6.76. The first-order valence-corrected chi connectivity index (χ1v) is 11.1. The number of hydrogen-bond donors (Lipinski definition) is 4. The third-order valence-corrected chi connectivity index (χ3v) is 5.75. The second-order valence-electron chi connectivity index (χ2n) is 4.72. The normalized spacial score (nSPS) is 11.2. The van der Waals surface area contributed by atoms with Gasteiger partial charge in [-0.2, -0.15) is 10.2 Å². The van der Waals surface area contributed by atoms with Gasteiger partial charge in [0.25, 0.3) is 0 Å². The number of nitrogens with zero attached hydrogens (tertiary/aromatic N) is 2. The minimum absolute atomic E-state index is 0.0961. The molecule has 0 aromatic heterocycles. The lowest BCUT2D eigenvalue weighted by atomic mass is 10.2. The van der Waals surface area contributed by atoms with Crippen molar-refractivity contribution in [2.75, 3.05) is 0 Å². The van der Waals surface area contributed by atoms with Crippen LogP contribution in [0.2, 0.25) is 0 Å². The molecule has 2 rings (SSSR count). The third-order valence-electron chi connectivity index (χ3n) is 2.85. The number of carbonyl (C=O) groups is 1. The third kappa shape index (κ3) is 6.32. The topological polar surface area (TPSA) is 106 Å². The van der Waals surface area contributed by atoms with E-state index in [4.69, 9.17) is 0 Å². The minimum atomic E-state index is -0.655. The first kappa shape index (κ1) is 21.9. The fourth-order valence-corrected chi connectivity index (χ4v) is 5.49. The fraction of sp³-hybridized carbons (Fsp3) is 0. The van der Waals surface area contributed by atoms with Crippen LogP contribution >= 0.6 is 90.4 Å². The van der Waals surface area contributed by atoms with Crippen LogP contribution in [0.4, 0.5) is 4.79 Å². The number of aromatic hydroxyl groups is 2. The average molecular weight is 802 g/mol. The molecule has 0 radical (unpaired) electrons. The molecule has 0 atom stereocenters. The number of phenols is 2. The highest BCUT2D eigenvalue weighted by atomic mass is 127. The molecule has 0 spiro atoms. The Kier molecular flexibility index (Phi) is 8.58.